The highest BCUT2D eigenvalue weighted by Crippen LogP contribution is 2.32. The summed E-state index contributed by atoms with van der Waals surface area (Å²) in [7, 11) is -1.51. The summed E-state index contributed by atoms with van der Waals surface area (Å²) in [5.41, 5.74) is 8.44. The van der Waals surface area contributed by atoms with Gasteiger partial charge in [0.25, 0.3) is 0 Å². The van der Waals surface area contributed by atoms with Crippen molar-refractivity contribution in [2.45, 2.75) is 51.6 Å². The average molecular weight is 213 g/mol. The molecule has 0 spiro atoms. The Morgan fingerprint density at radius 1 is 1.36 bits per heavy atom. The van der Waals surface area contributed by atoms with Crippen LogP contribution < -0.4 is 0 Å². The molecule has 0 radical (unpaired) electrons. The standard InChI is InChI=1S/C9H19N3OSi/c1-7-5-8(11-12-10)9(6-7)13-14(2,3)4/h7-9H,5-6H2,1-4H3/t7?,8-,9-/m0/s1. The van der Waals surface area contributed by atoms with Gasteiger partial charge in [-0.15, -0.1) is 0 Å². The predicted octanol–water partition coefficient (Wildman–Crippen LogP) is 3.32. The Kier molecular flexibility index (Phi) is 3.58. The van der Waals surface area contributed by atoms with E-state index in [1.165, 1.54) is 0 Å². The van der Waals surface area contributed by atoms with Crippen molar-refractivity contribution >= 4 is 8.32 Å². The first-order valence-corrected chi connectivity index (χ1v) is 8.55. The van der Waals surface area contributed by atoms with Crippen LogP contribution in [0.4, 0.5) is 0 Å². The lowest BCUT2D eigenvalue weighted by Gasteiger charge is -2.25. The molecule has 0 aliphatic heterocycles. The molecule has 0 amide bonds. The predicted molar refractivity (Wildman–Crippen MR) is 59.6 cm³/mol. The van der Waals surface area contributed by atoms with Crippen LogP contribution >= 0.6 is 0 Å². The van der Waals surface area contributed by atoms with Crippen LogP contribution in [0.2, 0.25) is 19.6 Å². The van der Waals surface area contributed by atoms with Crippen molar-refractivity contribution in [3.8, 4) is 0 Å². The zero-order chi connectivity index (χ0) is 10.8. The molecule has 80 valence electrons. The van der Waals surface area contributed by atoms with Gasteiger partial charge in [-0.05, 0) is 43.9 Å². The zero-order valence-corrected chi connectivity index (χ0v) is 10.4. The van der Waals surface area contributed by atoms with E-state index < -0.39 is 8.32 Å². The molecule has 4 nitrogen and oxygen atoms in total. The van der Waals surface area contributed by atoms with Crippen molar-refractivity contribution in [1.82, 2.24) is 0 Å². The molecule has 0 aromatic rings. The minimum Gasteiger partial charge on any atom is -0.414 e. The fraction of sp³-hybridized carbons (Fsp3) is 1.00. The van der Waals surface area contributed by atoms with Crippen LogP contribution in [-0.4, -0.2) is 20.5 Å². The van der Waals surface area contributed by atoms with E-state index in [-0.39, 0.29) is 12.1 Å². The summed E-state index contributed by atoms with van der Waals surface area (Å²) in [6, 6.07) is 0.0572. The Morgan fingerprint density at radius 2 is 2.00 bits per heavy atom. The fourth-order valence-electron chi connectivity index (χ4n) is 1.98. The summed E-state index contributed by atoms with van der Waals surface area (Å²) in [6.45, 7) is 8.70. The van der Waals surface area contributed by atoms with Crippen LogP contribution in [0.3, 0.4) is 0 Å². The number of azide groups is 1. The minimum atomic E-state index is -1.51. The van der Waals surface area contributed by atoms with Crippen LogP contribution in [0.15, 0.2) is 5.11 Å². The van der Waals surface area contributed by atoms with E-state index in [2.05, 4.69) is 36.6 Å². The maximum absolute atomic E-state index is 8.44. The van der Waals surface area contributed by atoms with Gasteiger partial charge in [-0.2, -0.15) is 0 Å². The second kappa shape index (κ2) is 4.34. The van der Waals surface area contributed by atoms with Crippen LogP contribution in [0.25, 0.3) is 10.4 Å². The van der Waals surface area contributed by atoms with Crippen LogP contribution in [0, 0.1) is 5.92 Å². The number of hydrogen-bond donors (Lipinski definition) is 0. The molecule has 1 rings (SSSR count). The highest BCUT2D eigenvalue weighted by Gasteiger charge is 2.34. The van der Waals surface area contributed by atoms with E-state index in [9.17, 15) is 0 Å². The molecular formula is C9H19N3OSi. The highest BCUT2D eigenvalue weighted by atomic mass is 28.4. The Morgan fingerprint density at radius 3 is 2.50 bits per heavy atom. The van der Waals surface area contributed by atoms with Crippen LogP contribution in [0.5, 0.6) is 0 Å². The number of nitrogens with zero attached hydrogens (tertiary/aromatic N) is 3. The van der Waals surface area contributed by atoms with Gasteiger partial charge in [0.15, 0.2) is 8.32 Å². The Balaban J connectivity index is 2.62. The van der Waals surface area contributed by atoms with Crippen molar-refractivity contribution in [2.75, 3.05) is 0 Å². The van der Waals surface area contributed by atoms with E-state index in [0.29, 0.717) is 5.92 Å². The van der Waals surface area contributed by atoms with Crippen molar-refractivity contribution in [3.05, 3.63) is 10.4 Å². The molecule has 1 unspecified atom stereocenters. The highest BCUT2D eigenvalue weighted by molar-refractivity contribution is 6.69. The molecule has 0 N–H and O–H groups in total. The summed E-state index contributed by atoms with van der Waals surface area (Å²) in [6.07, 6.45) is 2.17. The largest absolute Gasteiger partial charge is 0.414 e. The van der Waals surface area contributed by atoms with Gasteiger partial charge in [-0.3, -0.25) is 0 Å². The maximum atomic E-state index is 8.44. The molecule has 5 heteroatoms. The first-order valence-electron chi connectivity index (χ1n) is 5.14. The molecule has 14 heavy (non-hydrogen) atoms. The topological polar surface area (TPSA) is 58.0 Å². The summed E-state index contributed by atoms with van der Waals surface area (Å²) < 4.78 is 6.01. The molecule has 3 atom stereocenters. The lowest BCUT2D eigenvalue weighted by atomic mass is 10.1. The van der Waals surface area contributed by atoms with Crippen molar-refractivity contribution < 1.29 is 4.43 Å². The third-order valence-corrected chi connectivity index (χ3v) is 3.42. The summed E-state index contributed by atoms with van der Waals surface area (Å²) >= 11 is 0. The van der Waals surface area contributed by atoms with Crippen molar-refractivity contribution in [1.29, 1.82) is 0 Å². The van der Waals surface area contributed by atoms with Crippen LogP contribution in [0.1, 0.15) is 19.8 Å². The SMILES string of the molecule is CC1C[C@H](N=[N+]=[N-])[C@@H](O[Si](C)(C)C)C1. The van der Waals surface area contributed by atoms with E-state index in [4.69, 9.17) is 9.96 Å². The van der Waals surface area contributed by atoms with E-state index in [0.717, 1.165) is 12.8 Å². The Labute approximate surface area is 86.4 Å². The van der Waals surface area contributed by atoms with E-state index in [1.807, 2.05) is 0 Å². The second-order valence-corrected chi connectivity index (χ2v) is 9.58. The number of rotatable bonds is 3. The summed E-state index contributed by atoms with van der Waals surface area (Å²) in [5, 5.41) is 3.82. The smallest absolute Gasteiger partial charge is 0.184 e. The maximum Gasteiger partial charge on any atom is 0.184 e. The molecule has 0 aromatic heterocycles. The molecule has 1 aliphatic rings. The van der Waals surface area contributed by atoms with Gasteiger partial charge in [-0.1, -0.05) is 12.0 Å². The molecule has 1 aliphatic carbocycles. The third kappa shape index (κ3) is 3.33. The normalized spacial score (nSPS) is 32.7. The Hall–Kier alpha value is -0.513. The molecule has 0 heterocycles. The lowest BCUT2D eigenvalue weighted by Crippen LogP contribution is -2.35. The third-order valence-electron chi connectivity index (χ3n) is 2.41. The quantitative estimate of drug-likeness (QED) is 0.307. The van der Waals surface area contributed by atoms with Gasteiger partial charge in [0.1, 0.15) is 0 Å². The van der Waals surface area contributed by atoms with E-state index in [1.54, 1.807) is 0 Å². The minimum absolute atomic E-state index is 0.0572. The van der Waals surface area contributed by atoms with Crippen LogP contribution in [-0.2, 0) is 4.43 Å². The fourth-order valence-corrected chi connectivity index (χ4v) is 3.14. The van der Waals surface area contributed by atoms with Gasteiger partial charge in [-0.25, -0.2) is 0 Å². The Bertz CT molecular complexity index is 245. The first-order chi connectivity index (χ1) is 6.42. The molecule has 1 saturated carbocycles. The molecule has 0 aromatic carbocycles. The molecular weight excluding hydrogens is 194 g/mol. The molecule has 1 fully saturated rings. The van der Waals surface area contributed by atoms with Gasteiger partial charge >= 0.3 is 0 Å². The average Bonchev–Trinajstić information content (AvgIpc) is 2.28. The monoisotopic (exact) mass is 213 g/mol. The lowest BCUT2D eigenvalue weighted by molar-refractivity contribution is 0.181. The molecule has 0 bridgehead atoms. The van der Waals surface area contributed by atoms with Gasteiger partial charge in [0.2, 0.25) is 0 Å². The van der Waals surface area contributed by atoms with Gasteiger partial charge in [0, 0.05) is 4.91 Å². The van der Waals surface area contributed by atoms with Gasteiger partial charge in [0.05, 0.1) is 12.1 Å². The summed E-state index contributed by atoms with van der Waals surface area (Å²) in [5.74, 6) is 0.617. The first kappa shape index (κ1) is 11.6. The second-order valence-electron chi connectivity index (χ2n) is 5.12. The zero-order valence-electron chi connectivity index (χ0n) is 9.40. The summed E-state index contributed by atoms with van der Waals surface area (Å²) in [4.78, 5) is 2.89. The number of hydrogen-bond acceptors (Lipinski definition) is 2. The molecule has 0 saturated heterocycles. The van der Waals surface area contributed by atoms with Crippen molar-refractivity contribution in [2.24, 2.45) is 11.0 Å². The van der Waals surface area contributed by atoms with Gasteiger partial charge < -0.3 is 4.43 Å². The van der Waals surface area contributed by atoms with E-state index >= 15 is 0 Å². The van der Waals surface area contributed by atoms with Crippen molar-refractivity contribution in [3.63, 3.8) is 0 Å².